The highest BCUT2D eigenvalue weighted by molar-refractivity contribution is 9.10. The van der Waals surface area contributed by atoms with E-state index < -0.39 is 17.6 Å². The Morgan fingerprint density at radius 3 is 2.71 bits per heavy atom. The van der Waals surface area contributed by atoms with Crippen molar-refractivity contribution in [1.82, 2.24) is 9.55 Å². The molecule has 7 heteroatoms. The van der Waals surface area contributed by atoms with Crippen LogP contribution in [-0.2, 0) is 0 Å². The number of nitrogens with zero attached hydrogens (tertiary/aromatic N) is 2. The molecule has 0 bridgehead atoms. The quantitative estimate of drug-likeness (QED) is 0.896. The van der Waals surface area contributed by atoms with E-state index in [9.17, 15) is 18.7 Å². The molecule has 0 amide bonds. The standard InChI is InChI=1S/C14H13BrF2N2O2/c1-14(21)4-8(5-14)19-11(20)3-9(12(16)17)10-2-7(15)6-18-13(10)19/h2-3,6,8,12,21H,4-5H2,1H3. The molecule has 21 heavy (non-hydrogen) atoms. The third-order valence-electron chi connectivity index (χ3n) is 3.84. The lowest BCUT2D eigenvalue weighted by molar-refractivity contribution is -0.0507. The lowest BCUT2D eigenvalue weighted by Crippen LogP contribution is -2.45. The van der Waals surface area contributed by atoms with E-state index in [1.807, 2.05) is 0 Å². The lowest BCUT2D eigenvalue weighted by Gasteiger charge is -2.42. The average Bonchev–Trinajstić information content (AvgIpc) is 2.35. The summed E-state index contributed by atoms with van der Waals surface area (Å²) in [6, 6.07) is 2.29. The van der Waals surface area contributed by atoms with Crippen LogP contribution in [0, 0.1) is 0 Å². The maximum Gasteiger partial charge on any atom is 0.264 e. The van der Waals surface area contributed by atoms with Gasteiger partial charge in [-0.05, 0) is 41.8 Å². The summed E-state index contributed by atoms with van der Waals surface area (Å²) in [7, 11) is 0. The maximum atomic E-state index is 13.1. The number of hydrogen-bond donors (Lipinski definition) is 1. The smallest absolute Gasteiger partial charge is 0.264 e. The zero-order chi connectivity index (χ0) is 15.4. The molecule has 1 fully saturated rings. The molecule has 0 spiro atoms. The number of aliphatic hydroxyl groups is 1. The van der Waals surface area contributed by atoms with E-state index in [2.05, 4.69) is 20.9 Å². The van der Waals surface area contributed by atoms with Crippen LogP contribution in [0.3, 0.4) is 0 Å². The molecular formula is C14H13BrF2N2O2. The molecule has 0 aromatic carbocycles. The molecule has 2 aromatic heterocycles. The highest BCUT2D eigenvalue weighted by atomic mass is 79.9. The number of hydrogen-bond acceptors (Lipinski definition) is 3. The van der Waals surface area contributed by atoms with Gasteiger partial charge in [-0.3, -0.25) is 9.36 Å². The van der Waals surface area contributed by atoms with Crippen molar-refractivity contribution in [1.29, 1.82) is 0 Å². The van der Waals surface area contributed by atoms with Gasteiger partial charge >= 0.3 is 0 Å². The van der Waals surface area contributed by atoms with Crippen molar-refractivity contribution in [3.63, 3.8) is 0 Å². The molecule has 0 aliphatic heterocycles. The summed E-state index contributed by atoms with van der Waals surface area (Å²) < 4.78 is 28.2. The second-order valence-electron chi connectivity index (χ2n) is 5.69. The van der Waals surface area contributed by atoms with Gasteiger partial charge in [0, 0.05) is 33.7 Å². The number of pyridine rings is 2. The maximum absolute atomic E-state index is 13.1. The monoisotopic (exact) mass is 358 g/mol. The van der Waals surface area contributed by atoms with Gasteiger partial charge < -0.3 is 5.11 Å². The minimum Gasteiger partial charge on any atom is -0.390 e. The van der Waals surface area contributed by atoms with Gasteiger partial charge in [0.25, 0.3) is 12.0 Å². The van der Waals surface area contributed by atoms with Crippen LogP contribution in [-0.4, -0.2) is 20.3 Å². The van der Waals surface area contributed by atoms with E-state index in [-0.39, 0.29) is 22.6 Å². The summed E-state index contributed by atoms with van der Waals surface area (Å²) in [4.78, 5) is 16.3. The second-order valence-corrected chi connectivity index (χ2v) is 6.61. The third kappa shape index (κ3) is 2.48. The van der Waals surface area contributed by atoms with Crippen LogP contribution < -0.4 is 5.56 Å². The van der Waals surface area contributed by atoms with Crippen LogP contribution in [0.15, 0.2) is 27.6 Å². The van der Waals surface area contributed by atoms with Gasteiger partial charge in [-0.25, -0.2) is 13.8 Å². The minimum absolute atomic E-state index is 0.213. The Labute approximate surface area is 127 Å². The largest absolute Gasteiger partial charge is 0.390 e. The Bertz CT molecular complexity index is 765. The third-order valence-corrected chi connectivity index (χ3v) is 4.27. The van der Waals surface area contributed by atoms with Gasteiger partial charge in [0.15, 0.2) is 0 Å². The van der Waals surface area contributed by atoms with Gasteiger partial charge in [0.05, 0.1) is 5.60 Å². The molecule has 112 valence electrons. The van der Waals surface area contributed by atoms with Gasteiger partial charge in [-0.15, -0.1) is 0 Å². The van der Waals surface area contributed by atoms with Crippen LogP contribution in [0.4, 0.5) is 8.78 Å². The summed E-state index contributed by atoms with van der Waals surface area (Å²) in [5.74, 6) is 0. The van der Waals surface area contributed by atoms with Crippen LogP contribution in [0.1, 0.15) is 37.8 Å². The lowest BCUT2D eigenvalue weighted by atomic mass is 9.77. The van der Waals surface area contributed by atoms with Crippen molar-refractivity contribution < 1.29 is 13.9 Å². The van der Waals surface area contributed by atoms with E-state index in [1.165, 1.54) is 16.8 Å². The number of halogens is 3. The fourth-order valence-electron chi connectivity index (χ4n) is 2.89. The Morgan fingerprint density at radius 1 is 1.48 bits per heavy atom. The molecule has 4 nitrogen and oxygen atoms in total. The molecule has 2 aromatic rings. The molecule has 0 saturated heterocycles. The molecular weight excluding hydrogens is 346 g/mol. The first-order valence-electron chi connectivity index (χ1n) is 6.50. The minimum atomic E-state index is -2.74. The average molecular weight is 359 g/mol. The summed E-state index contributed by atoms with van der Waals surface area (Å²) in [5.41, 5.74) is -1.39. The first-order chi connectivity index (χ1) is 9.78. The van der Waals surface area contributed by atoms with Crippen molar-refractivity contribution in [3.05, 3.63) is 38.7 Å². The van der Waals surface area contributed by atoms with E-state index in [1.54, 1.807) is 6.92 Å². The fraction of sp³-hybridized carbons (Fsp3) is 0.429. The Hall–Kier alpha value is -1.34. The molecule has 0 radical (unpaired) electrons. The second kappa shape index (κ2) is 4.84. The molecule has 1 aliphatic rings. The first kappa shape index (κ1) is 14.6. The molecule has 1 aliphatic carbocycles. The number of aromatic nitrogens is 2. The molecule has 1 N–H and O–H groups in total. The summed E-state index contributed by atoms with van der Waals surface area (Å²) >= 11 is 3.21. The van der Waals surface area contributed by atoms with E-state index in [0.29, 0.717) is 17.3 Å². The summed E-state index contributed by atoms with van der Waals surface area (Å²) in [5, 5.41) is 10.1. The van der Waals surface area contributed by atoms with Gasteiger partial charge in [-0.1, -0.05) is 0 Å². The van der Waals surface area contributed by atoms with Gasteiger partial charge in [0.2, 0.25) is 0 Å². The topological polar surface area (TPSA) is 55.1 Å². The predicted molar refractivity (Wildman–Crippen MR) is 77.6 cm³/mol. The molecule has 2 heterocycles. The Kier molecular flexibility index (Phi) is 3.37. The van der Waals surface area contributed by atoms with Crippen molar-refractivity contribution in [2.45, 2.75) is 37.8 Å². The number of rotatable bonds is 2. The van der Waals surface area contributed by atoms with Crippen LogP contribution in [0.25, 0.3) is 11.0 Å². The number of alkyl halides is 2. The molecule has 3 rings (SSSR count). The van der Waals surface area contributed by atoms with Crippen LogP contribution >= 0.6 is 15.9 Å². The zero-order valence-electron chi connectivity index (χ0n) is 11.2. The summed E-state index contributed by atoms with van der Waals surface area (Å²) in [6.07, 6.45) is -0.443. The van der Waals surface area contributed by atoms with Gasteiger partial charge in [-0.2, -0.15) is 0 Å². The first-order valence-corrected chi connectivity index (χ1v) is 7.29. The SMILES string of the molecule is CC1(O)CC(n2c(=O)cc(C(F)F)c3cc(Br)cnc32)C1. The van der Waals surface area contributed by atoms with E-state index in [0.717, 1.165) is 6.07 Å². The highest BCUT2D eigenvalue weighted by Gasteiger charge is 2.40. The van der Waals surface area contributed by atoms with Crippen molar-refractivity contribution in [2.75, 3.05) is 0 Å². The normalized spacial score (nSPS) is 25.3. The predicted octanol–water partition coefficient (Wildman–Crippen LogP) is 3.18. The van der Waals surface area contributed by atoms with E-state index in [4.69, 9.17) is 0 Å². The molecule has 1 saturated carbocycles. The Balaban J connectivity index is 2.24. The fourth-order valence-corrected chi connectivity index (χ4v) is 3.22. The molecule has 0 atom stereocenters. The Morgan fingerprint density at radius 2 is 2.14 bits per heavy atom. The number of fused-ring (bicyclic) bond motifs is 1. The van der Waals surface area contributed by atoms with E-state index >= 15 is 0 Å². The van der Waals surface area contributed by atoms with Crippen molar-refractivity contribution in [2.24, 2.45) is 0 Å². The highest BCUT2D eigenvalue weighted by Crippen LogP contribution is 2.41. The molecule has 0 unspecified atom stereocenters. The van der Waals surface area contributed by atoms with Crippen molar-refractivity contribution in [3.8, 4) is 0 Å². The van der Waals surface area contributed by atoms with Crippen LogP contribution in [0.2, 0.25) is 0 Å². The zero-order valence-corrected chi connectivity index (χ0v) is 12.8. The van der Waals surface area contributed by atoms with Gasteiger partial charge in [0.1, 0.15) is 5.65 Å². The summed E-state index contributed by atoms with van der Waals surface area (Å²) in [6.45, 7) is 1.69. The van der Waals surface area contributed by atoms with Crippen molar-refractivity contribution >= 4 is 27.0 Å². The van der Waals surface area contributed by atoms with Crippen LogP contribution in [0.5, 0.6) is 0 Å².